The molecule has 0 aromatic heterocycles. The van der Waals surface area contributed by atoms with E-state index in [2.05, 4.69) is 0 Å². The molecule has 0 fully saturated rings. The fraction of sp³-hybridized carbons (Fsp3) is 0. The highest BCUT2D eigenvalue weighted by atomic mass is 35.5. The predicted octanol–water partition coefficient (Wildman–Crippen LogP) is 2.62. The summed E-state index contributed by atoms with van der Waals surface area (Å²) in [6, 6.07) is 9.39. The van der Waals surface area contributed by atoms with Crippen LogP contribution in [0.2, 0.25) is 5.02 Å². The maximum atomic E-state index is 11.2. The van der Waals surface area contributed by atoms with E-state index in [0.717, 1.165) is 0 Å². The summed E-state index contributed by atoms with van der Waals surface area (Å²) < 4.78 is 0. The molecule has 0 unspecified atom stereocenters. The van der Waals surface area contributed by atoms with Crippen molar-refractivity contribution in [3.63, 3.8) is 0 Å². The summed E-state index contributed by atoms with van der Waals surface area (Å²) in [6.07, 6.45) is 0.559. The van der Waals surface area contributed by atoms with Crippen LogP contribution in [-0.4, -0.2) is 17.3 Å². The van der Waals surface area contributed by atoms with Crippen molar-refractivity contribution in [1.82, 2.24) is 0 Å². The molecule has 0 atom stereocenters. The average Bonchev–Trinajstić information content (AvgIpc) is 2.39. The lowest BCUT2D eigenvalue weighted by molar-refractivity contribution is 0.1000. The number of primary amides is 1. The quantitative estimate of drug-likeness (QED) is 0.845. The topological polar surface area (TPSA) is 80.4 Å². The Balaban J connectivity index is 2.56. The van der Waals surface area contributed by atoms with Crippen LogP contribution < -0.4 is 5.73 Å². The number of nitrogens with two attached hydrogens (primary N) is 1. The minimum absolute atomic E-state index is 0.0946. The molecule has 19 heavy (non-hydrogen) atoms. The lowest BCUT2D eigenvalue weighted by atomic mass is 10.0. The van der Waals surface area contributed by atoms with Crippen LogP contribution in [0, 0.1) is 0 Å². The van der Waals surface area contributed by atoms with Crippen molar-refractivity contribution in [3.8, 4) is 16.9 Å². The van der Waals surface area contributed by atoms with Gasteiger partial charge in [0, 0.05) is 0 Å². The Morgan fingerprint density at radius 2 is 1.79 bits per heavy atom. The SMILES string of the molecule is NC(=O)c1cc(-c2ccc(O)c(C=O)c2)ccc1Cl. The molecule has 0 saturated heterocycles. The van der Waals surface area contributed by atoms with Crippen LogP contribution in [0.25, 0.3) is 11.1 Å². The fourth-order valence-electron chi connectivity index (χ4n) is 1.72. The van der Waals surface area contributed by atoms with Crippen LogP contribution in [0.4, 0.5) is 0 Å². The summed E-state index contributed by atoms with van der Waals surface area (Å²) in [5, 5.41) is 9.71. The first-order chi connectivity index (χ1) is 9.02. The van der Waals surface area contributed by atoms with E-state index in [1.807, 2.05) is 0 Å². The maximum absolute atomic E-state index is 11.2. The van der Waals surface area contributed by atoms with E-state index in [9.17, 15) is 14.7 Å². The number of halogens is 1. The number of benzene rings is 2. The number of carbonyl (C=O) groups excluding carboxylic acids is 2. The number of rotatable bonds is 3. The molecule has 0 aliphatic rings. The highest BCUT2D eigenvalue weighted by Gasteiger charge is 2.10. The molecule has 96 valence electrons. The first kappa shape index (κ1) is 13.1. The summed E-state index contributed by atoms with van der Waals surface area (Å²) in [4.78, 5) is 22.0. The molecule has 0 heterocycles. The van der Waals surface area contributed by atoms with E-state index in [0.29, 0.717) is 17.4 Å². The molecule has 0 aliphatic heterocycles. The van der Waals surface area contributed by atoms with Crippen LogP contribution in [0.15, 0.2) is 36.4 Å². The second-order valence-corrected chi connectivity index (χ2v) is 4.36. The number of phenolic OH excluding ortho intramolecular Hbond substituents is 1. The summed E-state index contributed by atoms with van der Waals surface area (Å²) in [5.41, 5.74) is 6.97. The van der Waals surface area contributed by atoms with Gasteiger partial charge in [-0.1, -0.05) is 23.7 Å². The van der Waals surface area contributed by atoms with Crippen LogP contribution in [0.5, 0.6) is 5.75 Å². The Bertz CT molecular complexity index is 668. The van der Waals surface area contributed by atoms with Crippen molar-refractivity contribution in [2.75, 3.05) is 0 Å². The molecular formula is C14H10ClNO3. The molecule has 1 amide bonds. The normalized spacial score (nSPS) is 10.2. The van der Waals surface area contributed by atoms with E-state index >= 15 is 0 Å². The molecule has 4 nitrogen and oxygen atoms in total. The maximum Gasteiger partial charge on any atom is 0.250 e. The highest BCUT2D eigenvalue weighted by Crippen LogP contribution is 2.28. The highest BCUT2D eigenvalue weighted by molar-refractivity contribution is 6.33. The van der Waals surface area contributed by atoms with Crippen LogP contribution in [0.3, 0.4) is 0 Å². The van der Waals surface area contributed by atoms with E-state index in [1.54, 1.807) is 24.3 Å². The third-order valence-corrected chi connectivity index (χ3v) is 3.05. The number of hydrogen-bond acceptors (Lipinski definition) is 3. The summed E-state index contributed by atoms with van der Waals surface area (Å²) in [6.45, 7) is 0. The predicted molar refractivity (Wildman–Crippen MR) is 72.5 cm³/mol. The van der Waals surface area contributed by atoms with Crippen molar-refractivity contribution < 1.29 is 14.7 Å². The van der Waals surface area contributed by atoms with Gasteiger partial charge in [0.15, 0.2) is 6.29 Å². The van der Waals surface area contributed by atoms with Gasteiger partial charge in [0.25, 0.3) is 0 Å². The summed E-state index contributed by atoms with van der Waals surface area (Å²) >= 11 is 5.87. The Morgan fingerprint density at radius 1 is 1.16 bits per heavy atom. The lowest BCUT2D eigenvalue weighted by Gasteiger charge is -2.07. The largest absolute Gasteiger partial charge is 0.507 e. The molecule has 0 spiro atoms. The molecule has 0 radical (unpaired) electrons. The molecule has 2 aromatic rings. The van der Waals surface area contributed by atoms with E-state index < -0.39 is 5.91 Å². The number of amides is 1. The van der Waals surface area contributed by atoms with Gasteiger partial charge in [-0.3, -0.25) is 9.59 Å². The van der Waals surface area contributed by atoms with Crippen molar-refractivity contribution >= 4 is 23.8 Å². The van der Waals surface area contributed by atoms with Gasteiger partial charge < -0.3 is 10.8 Å². The monoisotopic (exact) mass is 275 g/mol. The number of hydrogen-bond donors (Lipinski definition) is 2. The summed E-state index contributed by atoms with van der Waals surface area (Å²) in [5.74, 6) is -0.718. The third-order valence-electron chi connectivity index (χ3n) is 2.72. The fourth-order valence-corrected chi connectivity index (χ4v) is 1.93. The molecule has 2 aromatic carbocycles. The van der Waals surface area contributed by atoms with Gasteiger partial charge in [0.05, 0.1) is 16.1 Å². The molecular weight excluding hydrogens is 266 g/mol. The van der Waals surface area contributed by atoms with Crippen molar-refractivity contribution in [2.24, 2.45) is 5.73 Å². The smallest absolute Gasteiger partial charge is 0.250 e. The third kappa shape index (κ3) is 2.58. The van der Waals surface area contributed by atoms with Gasteiger partial charge >= 0.3 is 0 Å². The zero-order valence-corrected chi connectivity index (χ0v) is 10.5. The second kappa shape index (κ2) is 5.12. The van der Waals surface area contributed by atoms with Crippen molar-refractivity contribution in [2.45, 2.75) is 0 Å². The van der Waals surface area contributed by atoms with E-state index in [4.69, 9.17) is 17.3 Å². The Labute approximate surface area is 114 Å². The van der Waals surface area contributed by atoms with Crippen molar-refractivity contribution in [1.29, 1.82) is 0 Å². The second-order valence-electron chi connectivity index (χ2n) is 3.95. The number of carbonyl (C=O) groups is 2. The Hall–Kier alpha value is -2.33. The Kier molecular flexibility index (Phi) is 3.53. The Morgan fingerprint density at radius 3 is 2.42 bits per heavy atom. The van der Waals surface area contributed by atoms with Gasteiger partial charge in [-0.05, 0) is 35.4 Å². The first-order valence-corrected chi connectivity index (χ1v) is 5.78. The number of aromatic hydroxyl groups is 1. The van der Waals surface area contributed by atoms with Crippen LogP contribution in [-0.2, 0) is 0 Å². The van der Waals surface area contributed by atoms with Gasteiger partial charge in [0.2, 0.25) is 5.91 Å². The number of aldehydes is 1. The van der Waals surface area contributed by atoms with Crippen molar-refractivity contribution in [3.05, 3.63) is 52.5 Å². The molecule has 5 heteroatoms. The molecule has 0 aliphatic carbocycles. The van der Waals surface area contributed by atoms with Gasteiger partial charge in [-0.2, -0.15) is 0 Å². The minimum Gasteiger partial charge on any atom is -0.507 e. The zero-order chi connectivity index (χ0) is 14.0. The van der Waals surface area contributed by atoms with E-state index in [-0.39, 0.29) is 21.9 Å². The van der Waals surface area contributed by atoms with Crippen LogP contribution >= 0.6 is 11.6 Å². The van der Waals surface area contributed by atoms with E-state index in [1.165, 1.54) is 12.1 Å². The van der Waals surface area contributed by atoms with Gasteiger partial charge in [-0.25, -0.2) is 0 Å². The van der Waals surface area contributed by atoms with Gasteiger partial charge in [-0.15, -0.1) is 0 Å². The zero-order valence-electron chi connectivity index (χ0n) is 9.76. The molecule has 2 rings (SSSR count). The lowest BCUT2D eigenvalue weighted by Crippen LogP contribution is -2.11. The molecule has 3 N–H and O–H groups in total. The first-order valence-electron chi connectivity index (χ1n) is 5.41. The number of phenols is 1. The minimum atomic E-state index is -0.624. The van der Waals surface area contributed by atoms with Crippen LogP contribution in [0.1, 0.15) is 20.7 Å². The molecule has 0 bridgehead atoms. The molecule has 0 saturated carbocycles. The standard InChI is InChI=1S/C14H10ClNO3/c15-12-3-1-9(6-11(12)14(16)19)8-2-4-13(18)10(5-8)7-17/h1-7,18H,(H2,16,19). The summed E-state index contributed by atoms with van der Waals surface area (Å²) in [7, 11) is 0. The average molecular weight is 276 g/mol. The van der Waals surface area contributed by atoms with Gasteiger partial charge in [0.1, 0.15) is 5.75 Å².